The summed E-state index contributed by atoms with van der Waals surface area (Å²) < 4.78 is 17.0. The summed E-state index contributed by atoms with van der Waals surface area (Å²) in [6.45, 7) is 10.6. The molecule has 1 saturated heterocycles. The van der Waals surface area contributed by atoms with Crippen molar-refractivity contribution < 1.29 is 28.9 Å². The van der Waals surface area contributed by atoms with Crippen molar-refractivity contribution in [3.63, 3.8) is 0 Å². The second kappa shape index (κ2) is 11.1. The van der Waals surface area contributed by atoms with E-state index in [1.54, 1.807) is 57.0 Å². The lowest BCUT2D eigenvalue weighted by Crippen LogP contribution is -2.68. The average Bonchev–Trinajstić information content (AvgIpc) is 2.83. The molecular formula is C29H40N2O6. The predicted molar refractivity (Wildman–Crippen MR) is 141 cm³/mol. The van der Waals surface area contributed by atoms with Crippen molar-refractivity contribution in [2.75, 3.05) is 26.8 Å². The monoisotopic (exact) mass is 512 g/mol. The van der Waals surface area contributed by atoms with Crippen molar-refractivity contribution in [1.29, 1.82) is 0 Å². The van der Waals surface area contributed by atoms with E-state index in [0.717, 1.165) is 24.0 Å². The van der Waals surface area contributed by atoms with Crippen LogP contribution in [0.1, 0.15) is 57.2 Å². The smallest absolute Gasteiger partial charge is 0.405 e. The number of unbranched alkanes of at least 4 members (excludes halogenated alkanes) is 1. The van der Waals surface area contributed by atoms with Crippen LogP contribution in [0.5, 0.6) is 5.75 Å². The van der Waals surface area contributed by atoms with E-state index in [9.17, 15) is 14.7 Å². The van der Waals surface area contributed by atoms with E-state index in [2.05, 4.69) is 6.92 Å². The number of likely N-dealkylation sites (tertiary alicyclic amines) is 1. The number of nitrogens with zero attached hydrogens (tertiary/aromatic N) is 1. The molecule has 2 aromatic carbocycles. The van der Waals surface area contributed by atoms with Crippen LogP contribution in [-0.4, -0.2) is 54.9 Å². The van der Waals surface area contributed by atoms with E-state index in [-0.39, 0.29) is 13.1 Å². The van der Waals surface area contributed by atoms with Crippen molar-refractivity contribution in [2.45, 2.75) is 64.8 Å². The Morgan fingerprint density at radius 1 is 1.11 bits per heavy atom. The number of nitrogens with two attached hydrogens (primary N) is 1. The van der Waals surface area contributed by atoms with Gasteiger partial charge in [-0.15, -0.1) is 0 Å². The van der Waals surface area contributed by atoms with Crippen LogP contribution in [0.2, 0.25) is 0 Å². The predicted octanol–water partition coefficient (Wildman–Crippen LogP) is 4.26. The first-order valence-electron chi connectivity index (χ1n) is 12.7. The standard InChI is InChI=1S/C29H40N2O6/c1-7-8-17-36-28(23-12-10-9-11-20(23)2)18-31(19-28)25(32)24(37-26(30)33)29(34,27(3,4)5)21-13-15-22(35-6)16-14-21/h9-16,24,34H,7-8,17-19H2,1-6H3,(H2,30,33). The SMILES string of the molecule is CCCCOC1(c2ccccc2C)CN(C(=O)C(OC(N)=O)C(O)(c2ccc(OC)cc2)C(C)(C)C)C1. The summed E-state index contributed by atoms with van der Waals surface area (Å²) in [6, 6.07) is 14.7. The third-order valence-corrected chi connectivity index (χ3v) is 7.23. The van der Waals surface area contributed by atoms with E-state index < -0.39 is 34.7 Å². The molecule has 0 saturated carbocycles. The second-order valence-electron chi connectivity index (χ2n) is 10.8. The molecule has 3 N–H and O–H groups in total. The number of methoxy groups -OCH3 is 1. The van der Waals surface area contributed by atoms with Gasteiger partial charge in [0.1, 0.15) is 17.0 Å². The van der Waals surface area contributed by atoms with Gasteiger partial charge in [0, 0.05) is 6.61 Å². The summed E-state index contributed by atoms with van der Waals surface area (Å²) in [4.78, 5) is 27.5. The minimum atomic E-state index is -1.88. The number of carbonyl (C=O) groups is 2. The van der Waals surface area contributed by atoms with Gasteiger partial charge in [-0.25, -0.2) is 4.79 Å². The molecule has 2 amide bonds. The minimum Gasteiger partial charge on any atom is -0.497 e. The van der Waals surface area contributed by atoms with Crippen LogP contribution in [0.15, 0.2) is 48.5 Å². The molecule has 0 bridgehead atoms. The Bertz CT molecular complexity index is 1090. The zero-order valence-electron chi connectivity index (χ0n) is 22.7. The van der Waals surface area contributed by atoms with Gasteiger partial charge in [-0.2, -0.15) is 0 Å². The molecule has 1 fully saturated rings. The largest absolute Gasteiger partial charge is 0.497 e. The molecule has 2 aromatic rings. The highest BCUT2D eigenvalue weighted by Gasteiger charge is 2.58. The van der Waals surface area contributed by atoms with Gasteiger partial charge in [0.05, 0.1) is 20.2 Å². The molecule has 2 atom stereocenters. The normalized spacial score (nSPS) is 17.3. The number of benzene rings is 2. The second-order valence-corrected chi connectivity index (χ2v) is 10.8. The van der Waals surface area contributed by atoms with E-state index in [1.807, 2.05) is 31.2 Å². The summed E-state index contributed by atoms with van der Waals surface area (Å²) in [5.74, 6) is 0.0593. The van der Waals surface area contributed by atoms with Gasteiger partial charge in [-0.05, 0) is 47.6 Å². The summed E-state index contributed by atoms with van der Waals surface area (Å²) in [6.07, 6.45) is -0.819. The number of primary amides is 1. The Labute approximate surface area is 219 Å². The number of aliphatic hydroxyl groups is 1. The van der Waals surface area contributed by atoms with Gasteiger partial charge in [0.15, 0.2) is 0 Å². The van der Waals surface area contributed by atoms with E-state index in [1.165, 1.54) is 0 Å². The summed E-state index contributed by atoms with van der Waals surface area (Å²) in [5, 5.41) is 12.1. The fourth-order valence-electron chi connectivity index (χ4n) is 4.98. The number of rotatable bonds is 10. The molecule has 0 spiro atoms. The van der Waals surface area contributed by atoms with Crippen LogP contribution in [0, 0.1) is 12.3 Å². The van der Waals surface area contributed by atoms with Crippen LogP contribution in [-0.2, 0) is 25.5 Å². The maximum absolute atomic E-state index is 13.9. The Hall–Kier alpha value is -3.10. The van der Waals surface area contributed by atoms with Crippen molar-refractivity contribution in [3.8, 4) is 5.75 Å². The molecule has 8 nitrogen and oxygen atoms in total. The van der Waals surface area contributed by atoms with E-state index >= 15 is 0 Å². The number of hydrogen-bond acceptors (Lipinski definition) is 6. The Morgan fingerprint density at radius 2 is 1.73 bits per heavy atom. The highest BCUT2D eigenvalue weighted by Crippen LogP contribution is 2.46. The molecule has 0 aromatic heterocycles. The molecule has 8 heteroatoms. The molecule has 1 heterocycles. The van der Waals surface area contributed by atoms with E-state index in [0.29, 0.717) is 17.9 Å². The highest BCUT2D eigenvalue weighted by molar-refractivity contribution is 5.86. The van der Waals surface area contributed by atoms with Crippen LogP contribution in [0.25, 0.3) is 0 Å². The minimum absolute atomic E-state index is 0.266. The third-order valence-electron chi connectivity index (χ3n) is 7.23. The molecule has 2 unspecified atom stereocenters. The number of amides is 2. The van der Waals surface area contributed by atoms with Crippen molar-refractivity contribution >= 4 is 12.0 Å². The van der Waals surface area contributed by atoms with Gasteiger partial charge in [-0.1, -0.05) is 70.5 Å². The highest BCUT2D eigenvalue weighted by atomic mass is 16.6. The van der Waals surface area contributed by atoms with Crippen LogP contribution in [0.3, 0.4) is 0 Å². The average molecular weight is 513 g/mol. The first kappa shape index (κ1) is 28.5. The quantitative estimate of drug-likeness (QED) is 0.460. The van der Waals surface area contributed by atoms with Gasteiger partial charge < -0.3 is 30.0 Å². The Morgan fingerprint density at radius 3 is 2.24 bits per heavy atom. The topological polar surface area (TPSA) is 111 Å². The van der Waals surface area contributed by atoms with Crippen molar-refractivity contribution in [1.82, 2.24) is 4.90 Å². The van der Waals surface area contributed by atoms with Gasteiger partial charge in [-0.3, -0.25) is 4.79 Å². The molecule has 3 rings (SSSR count). The van der Waals surface area contributed by atoms with Gasteiger partial charge in [0.2, 0.25) is 6.10 Å². The van der Waals surface area contributed by atoms with Crippen molar-refractivity contribution in [2.24, 2.45) is 11.1 Å². The van der Waals surface area contributed by atoms with E-state index in [4.69, 9.17) is 19.9 Å². The number of hydrogen-bond donors (Lipinski definition) is 2. The lowest BCUT2D eigenvalue weighted by atomic mass is 9.68. The first-order chi connectivity index (χ1) is 17.4. The van der Waals surface area contributed by atoms with Gasteiger partial charge >= 0.3 is 6.09 Å². The Balaban J connectivity index is 1.98. The van der Waals surface area contributed by atoms with Gasteiger partial charge in [0.25, 0.3) is 5.91 Å². The summed E-state index contributed by atoms with van der Waals surface area (Å²) in [7, 11) is 1.54. The fourth-order valence-corrected chi connectivity index (χ4v) is 4.98. The summed E-state index contributed by atoms with van der Waals surface area (Å²) >= 11 is 0. The lowest BCUT2D eigenvalue weighted by molar-refractivity contribution is -0.201. The van der Waals surface area contributed by atoms with Crippen LogP contribution < -0.4 is 10.5 Å². The molecule has 37 heavy (non-hydrogen) atoms. The summed E-state index contributed by atoms with van der Waals surface area (Å²) in [5.41, 5.74) is 4.44. The number of ether oxygens (including phenoxy) is 3. The van der Waals surface area contributed by atoms with Crippen LogP contribution in [0.4, 0.5) is 4.79 Å². The molecule has 202 valence electrons. The number of aryl methyl sites for hydroxylation is 1. The molecule has 0 radical (unpaired) electrons. The zero-order chi connectivity index (χ0) is 27.4. The molecule has 0 aliphatic carbocycles. The molecule has 1 aliphatic rings. The first-order valence-corrected chi connectivity index (χ1v) is 12.7. The zero-order valence-corrected chi connectivity index (χ0v) is 22.7. The molecule has 1 aliphatic heterocycles. The Kier molecular flexibility index (Phi) is 8.55. The van der Waals surface area contributed by atoms with Crippen LogP contribution >= 0.6 is 0 Å². The molecular weight excluding hydrogens is 472 g/mol. The maximum atomic E-state index is 13.9. The number of carbonyl (C=O) groups excluding carboxylic acids is 2. The maximum Gasteiger partial charge on any atom is 0.405 e. The van der Waals surface area contributed by atoms with Crippen molar-refractivity contribution in [3.05, 3.63) is 65.2 Å². The fraction of sp³-hybridized carbons (Fsp3) is 0.517. The third kappa shape index (κ3) is 5.60. The lowest BCUT2D eigenvalue weighted by Gasteiger charge is -2.53.